The van der Waals surface area contributed by atoms with Crippen LogP contribution in [0.3, 0.4) is 0 Å². The Hall–Kier alpha value is -2.47. The molecule has 0 aliphatic heterocycles. The van der Waals surface area contributed by atoms with E-state index in [0.717, 1.165) is 16.4 Å². The smallest absolute Gasteiger partial charge is 0.342 e. The number of rotatable bonds is 4. The van der Waals surface area contributed by atoms with E-state index in [1.807, 2.05) is 43.5 Å². The van der Waals surface area contributed by atoms with Gasteiger partial charge in [0.15, 0.2) is 0 Å². The average molecular weight is 313 g/mol. The number of esters is 1. The van der Waals surface area contributed by atoms with Gasteiger partial charge in [-0.15, -0.1) is 11.3 Å². The van der Waals surface area contributed by atoms with Crippen molar-refractivity contribution in [1.82, 2.24) is 14.8 Å². The summed E-state index contributed by atoms with van der Waals surface area (Å²) in [6.45, 7) is 4.07. The maximum atomic E-state index is 12.2. The monoisotopic (exact) mass is 313 g/mol. The average Bonchev–Trinajstić information content (AvgIpc) is 3.15. The molecule has 0 saturated heterocycles. The van der Waals surface area contributed by atoms with Gasteiger partial charge in [-0.2, -0.15) is 5.10 Å². The second-order valence-electron chi connectivity index (χ2n) is 4.89. The molecule has 0 aliphatic carbocycles. The van der Waals surface area contributed by atoms with Crippen LogP contribution in [0.2, 0.25) is 0 Å². The van der Waals surface area contributed by atoms with Crippen molar-refractivity contribution in [2.75, 3.05) is 0 Å². The van der Waals surface area contributed by atoms with E-state index in [-0.39, 0.29) is 12.6 Å². The Morgan fingerprint density at radius 1 is 1.27 bits per heavy atom. The highest BCUT2D eigenvalue weighted by Crippen LogP contribution is 2.16. The van der Waals surface area contributed by atoms with E-state index in [1.54, 1.807) is 17.1 Å². The number of nitrogens with zero attached hydrogens (tertiary/aromatic N) is 3. The summed E-state index contributed by atoms with van der Waals surface area (Å²) in [6.07, 6.45) is 3.23. The third-order valence-corrected chi connectivity index (χ3v) is 4.07. The van der Waals surface area contributed by atoms with Crippen molar-refractivity contribution < 1.29 is 9.53 Å². The molecule has 0 fully saturated rings. The molecule has 6 heteroatoms. The lowest BCUT2D eigenvalue weighted by Gasteiger charge is -2.06. The molecule has 0 amide bonds. The van der Waals surface area contributed by atoms with Gasteiger partial charge in [-0.05, 0) is 26.0 Å². The predicted octanol–water partition coefficient (Wildman–Crippen LogP) is 3.30. The maximum absolute atomic E-state index is 12.2. The van der Waals surface area contributed by atoms with Gasteiger partial charge in [-0.3, -0.25) is 0 Å². The zero-order chi connectivity index (χ0) is 15.5. The van der Waals surface area contributed by atoms with E-state index < -0.39 is 0 Å². The molecular formula is C16H15N3O2S. The third kappa shape index (κ3) is 2.92. The summed E-state index contributed by atoms with van der Waals surface area (Å²) in [7, 11) is 0. The predicted molar refractivity (Wildman–Crippen MR) is 84.3 cm³/mol. The molecule has 0 radical (unpaired) electrons. The molecule has 5 nitrogen and oxygen atoms in total. The van der Waals surface area contributed by atoms with Crippen LogP contribution in [-0.2, 0) is 11.3 Å². The molecule has 0 saturated carbocycles. The normalized spacial score (nSPS) is 10.6. The van der Waals surface area contributed by atoms with Crippen molar-refractivity contribution in [3.8, 4) is 5.69 Å². The van der Waals surface area contributed by atoms with Crippen LogP contribution in [0.5, 0.6) is 0 Å². The molecule has 112 valence electrons. The molecule has 1 aromatic carbocycles. The number of hydrogen-bond donors (Lipinski definition) is 0. The standard InChI is InChI=1S/C16H15N3O2S/c1-11-3-5-13(6-4-11)19-12(2)14(9-18-19)16(20)21-10-15-17-7-8-22-15/h3-9H,10H2,1-2H3. The fourth-order valence-electron chi connectivity index (χ4n) is 2.09. The van der Waals surface area contributed by atoms with Gasteiger partial charge in [0.2, 0.25) is 0 Å². The van der Waals surface area contributed by atoms with Gasteiger partial charge in [0.1, 0.15) is 17.2 Å². The van der Waals surface area contributed by atoms with Crippen LogP contribution >= 0.6 is 11.3 Å². The Morgan fingerprint density at radius 2 is 2.05 bits per heavy atom. The molecule has 3 aromatic rings. The van der Waals surface area contributed by atoms with Crippen LogP contribution in [0.15, 0.2) is 42.0 Å². The number of carbonyl (C=O) groups is 1. The van der Waals surface area contributed by atoms with Gasteiger partial charge >= 0.3 is 5.97 Å². The minimum atomic E-state index is -0.383. The molecule has 3 rings (SSSR count). The van der Waals surface area contributed by atoms with Crippen molar-refractivity contribution >= 4 is 17.3 Å². The number of hydrogen-bond acceptors (Lipinski definition) is 5. The lowest BCUT2D eigenvalue weighted by Crippen LogP contribution is -2.07. The fourth-order valence-corrected chi connectivity index (χ4v) is 2.61. The Bertz CT molecular complexity index is 776. The van der Waals surface area contributed by atoms with E-state index in [2.05, 4.69) is 10.1 Å². The van der Waals surface area contributed by atoms with Gasteiger partial charge in [0, 0.05) is 11.6 Å². The number of carbonyl (C=O) groups excluding carboxylic acids is 1. The largest absolute Gasteiger partial charge is 0.455 e. The van der Waals surface area contributed by atoms with Crippen LogP contribution in [-0.4, -0.2) is 20.7 Å². The summed E-state index contributed by atoms with van der Waals surface area (Å²) in [4.78, 5) is 16.2. The third-order valence-electron chi connectivity index (χ3n) is 3.32. The summed E-state index contributed by atoms with van der Waals surface area (Å²) < 4.78 is 7.01. The molecule has 0 atom stereocenters. The first-order valence-corrected chi connectivity index (χ1v) is 7.70. The summed E-state index contributed by atoms with van der Waals surface area (Å²) in [5.41, 5.74) is 3.32. The quantitative estimate of drug-likeness (QED) is 0.693. The fraction of sp³-hybridized carbons (Fsp3) is 0.188. The summed E-state index contributed by atoms with van der Waals surface area (Å²) in [5.74, 6) is -0.383. The highest BCUT2D eigenvalue weighted by molar-refractivity contribution is 7.09. The van der Waals surface area contributed by atoms with Crippen LogP contribution < -0.4 is 0 Å². The molecule has 2 heterocycles. The number of thiazole rings is 1. The highest BCUT2D eigenvalue weighted by atomic mass is 32.1. The minimum Gasteiger partial charge on any atom is -0.455 e. The summed E-state index contributed by atoms with van der Waals surface area (Å²) >= 11 is 1.46. The zero-order valence-corrected chi connectivity index (χ0v) is 13.1. The molecule has 0 spiro atoms. The topological polar surface area (TPSA) is 57.0 Å². The van der Waals surface area contributed by atoms with Crippen molar-refractivity contribution in [2.24, 2.45) is 0 Å². The minimum absolute atomic E-state index is 0.186. The Labute approximate surface area is 132 Å². The van der Waals surface area contributed by atoms with Gasteiger partial charge < -0.3 is 4.74 Å². The Kier molecular flexibility index (Phi) is 4.02. The van der Waals surface area contributed by atoms with Crippen LogP contribution in [0, 0.1) is 13.8 Å². The van der Waals surface area contributed by atoms with Gasteiger partial charge in [-0.25, -0.2) is 14.5 Å². The van der Waals surface area contributed by atoms with E-state index in [1.165, 1.54) is 16.9 Å². The van der Waals surface area contributed by atoms with Gasteiger partial charge in [0.25, 0.3) is 0 Å². The lowest BCUT2D eigenvalue weighted by molar-refractivity contribution is 0.0471. The van der Waals surface area contributed by atoms with Gasteiger partial charge in [0.05, 0.1) is 17.6 Å². The number of benzene rings is 1. The second-order valence-corrected chi connectivity index (χ2v) is 5.87. The first-order chi connectivity index (χ1) is 10.6. The van der Waals surface area contributed by atoms with Gasteiger partial charge in [-0.1, -0.05) is 17.7 Å². The van der Waals surface area contributed by atoms with E-state index in [0.29, 0.717) is 5.56 Å². The number of aryl methyl sites for hydroxylation is 1. The van der Waals surface area contributed by atoms with Crippen molar-refractivity contribution in [2.45, 2.75) is 20.5 Å². The highest BCUT2D eigenvalue weighted by Gasteiger charge is 2.16. The van der Waals surface area contributed by atoms with Crippen molar-refractivity contribution in [1.29, 1.82) is 0 Å². The Morgan fingerprint density at radius 3 is 2.73 bits per heavy atom. The van der Waals surface area contributed by atoms with E-state index in [9.17, 15) is 4.79 Å². The molecule has 2 aromatic heterocycles. The van der Waals surface area contributed by atoms with E-state index in [4.69, 9.17) is 4.74 Å². The molecule has 0 N–H and O–H groups in total. The van der Waals surface area contributed by atoms with Crippen molar-refractivity contribution in [3.63, 3.8) is 0 Å². The van der Waals surface area contributed by atoms with Crippen LogP contribution in [0.25, 0.3) is 5.69 Å². The van der Waals surface area contributed by atoms with Crippen LogP contribution in [0.4, 0.5) is 0 Å². The molecule has 22 heavy (non-hydrogen) atoms. The maximum Gasteiger partial charge on any atom is 0.342 e. The molecule has 0 bridgehead atoms. The zero-order valence-electron chi connectivity index (χ0n) is 12.3. The first-order valence-electron chi connectivity index (χ1n) is 6.82. The van der Waals surface area contributed by atoms with Crippen molar-refractivity contribution in [3.05, 3.63) is 63.9 Å². The lowest BCUT2D eigenvalue weighted by atomic mass is 10.2. The van der Waals surface area contributed by atoms with E-state index >= 15 is 0 Å². The Balaban J connectivity index is 1.77. The number of aromatic nitrogens is 3. The SMILES string of the molecule is Cc1ccc(-n2ncc(C(=O)OCc3nccs3)c2C)cc1. The summed E-state index contributed by atoms with van der Waals surface area (Å²) in [6, 6.07) is 7.97. The number of ether oxygens (including phenoxy) is 1. The van der Waals surface area contributed by atoms with Crippen LogP contribution in [0.1, 0.15) is 26.6 Å². The summed E-state index contributed by atoms with van der Waals surface area (Å²) in [5, 5.41) is 6.91. The second kappa shape index (κ2) is 6.11. The first kappa shape index (κ1) is 14.5. The molecular weight excluding hydrogens is 298 g/mol. The molecule has 0 unspecified atom stereocenters. The molecule has 0 aliphatic rings.